The van der Waals surface area contributed by atoms with Gasteiger partial charge in [0.1, 0.15) is 5.52 Å². The maximum absolute atomic E-state index is 13.1. The van der Waals surface area contributed by atoms with Gasteiger partial charge < -0.3 is 9.47 Å². The lowest BCUT2D eigenvalue weighted by Crippen LogP contribution is -2.49. The summed E-state index contributed by atoms with van der Waals surface area (Å²) in [6.45, 7) is 3.06. The lowest BCUT2D eigenvalue weighted by molar-refractivity contribution is -0.384. The maximum Gasteiger partial charge on any atom is 0.330 e. The molecule has 1 aromatic heterocycles. The summed E-state index contributed by atoms with van der Waals surface area (Å²) < 4.78 is 11.9. The maximum atomic E-state index is 13.1. The third kappa shape index (κ3) is 3.71. The quantitative estimate of drug-likeness (QED) is 0.239. The zero-order chi connectivity index (χ0) is 21.7. The number of nitrogens with zero attached hydrogens (tertiary/aromatic N) is 4. The minimum atomic E-state index is -1.92. The number of nitro groups is 1. The lowest BCUT2D eigenvalue weighted by atomic mass is 9.80. The Bertz CT molecular complexity index is 1060. The van der Waals surface area contributed by atoms with E-state index in [-0.39, 0.29) is 31.0 Å². The smallest absolute Gasteiger partial charge is 0.330 e. The number of carbonyl (C=O) groups is 2. The van der Waals surface area contributed by atoms with E-state index in [1.807, 2.05) is 0 Å². The normalized spacial score (nSPS) is 11.3. The van der Waals surface area contributed by atoms with E-state index in [1.54, 1.807) is 38.1 Å². The molecule has 2 aromatic carbocycles. The van der Waals surface area contributed by atoms with Crippen LogP contribution in [0, 0.1) is 10.1 Å². The highest BCUT2D eigenvalue weighted by Gasteiger charge is 2.52. The molecule has 0 bridgehead atoms. The first-order valence-electron chi connectivity index (χ1n) is 9.31. The van der Waals surface area contributed by atoms with E-state index in [1.165, 1.54) is 28.9 Å². The fourth-order valence-corrected chi connectivity index (χ4v) is 3.17. The SMILES string of the molecule is CCOC(=O)C(Cn1nnc2ccccc21)(C(=O)OCC)c1ccc([N+](=O)[O-])cc1. The highest BCUT2D eigenvalue weighted by molar-refractivity contribution is 6.06. The molecule has 3 rings (SSSR count). The van der Waals surface area contributed by atoms with Crippen molar-refractivity contribution in [1.29, 1.82) is 0 Å². The zero-order valence-electron chi connectivity index (χ0n) is 16.5. The second-order valence-electron chi connectivity index (χ2n) is 6.39. The van der Waals surface area contributed by atoms with Gasteiger partial charge in [0.05, 0.1) is 30.2 Å². The van der Waals surface area contributed by atoms with Gasteiger partial charge >= 0.3 is 11.9 Å². The Morgan fingerprint density at radius 1 is 1.03 bits per heavy atom. The molecule has 3 aromatic rings. The molecule has 30 heavy (non-hydrogen) atoms. The number of hydrogen-bond acceptors (Lipinski definition) is 8. The van der Waals surface area contributed by atoms with Crippen LogP contribution in [-0.4, -0.2) is 45.1 Å². The van der Waals surface area contributed by atoms with Gasteiger partial charge in [-0.3, -0.25) is 19.7 Å². The monoisotopic (exact) mass is 412 g/mol. The fraction of sp³-hybridized carbons (Fsp3) is 0.300. The molecule has 156 valence electrons. The van der Waals surface area contributed by atoms with Crippen LogP contribution in [0.5, 0.6) is 0 Å². The van der Waals surface area contributed by atoms with Crippen molar-refractivity contribution >= 4 is 28.7 Å². The third-order valence-electron chi connectivity index (χ3n) is 4.63. The number of benzene rings is 2. The Labute approximate surface area is 171 Å². The number of aromatic nitrogens is 3. The molecule has 0 aliphatic rings. The molecular weight excluding hydrogens is 392 g/mol. The van der Waals surface area contributed by atoms with Crippen molar-refractivity contribution in [3.05, 3.63) is 64.2 Å². The van der Waals surface area contributed by atoms with Gasteiger partial charge in [-0.25, -0.2) is 4.68 Å². The molecule has 0 unspecified atom stereocenters. The van der Waals surface area contributed by atoms with Gasteiger partial charge in [0.25, 0.3) is 5.69 Å². The highest BCUT2D eigenvalue weighted by atomic mass is 16.6. The summed E-state index contributed by atoms with van der Waals surface area (Å²) in [5.74, 6) is -1.67. The molecule has 0 radical (unpaired) electrons. The van der Waals surface area contributed by atoms with Crippen molar-refractivity contribution in [2.24, 2.45) is 0 Å². The number of esters is 2. The van der Waals surface area contributed by atoms with Gasteiger partial charge in [-0.15, -0.1) is 5.10 Å². The molecule has 0 aliphatic carbocycles. The average Bonchev–Trinajstić information content (AvgIpc) is 3.15. The molecule has 0 amide bonds. The number of fused-ring (bicyclic) bond motifs is 1. The molecule has 0 spiro atoms. The molecular formula is C20H20N4O6. The minimum absolute atomic E-state index is 0.0328. The molecule has 0 aliphatic heterocycles. The van der Waals surface area contributed by atoms with Crippen molar-refractivity contribution < 1.29 is 24.0 Å². The topological polar surface area (TPSA) is 126 Å². The summed E-state index contributed by atoms with van der Waals surface area (Å²) in [5.41, 5.74) is -0.700. The number of hydrogen-bond donors (Lipinski definition) is 0. The Kier molecular flexibility index (Phi) is 6.05. The first-order valence-corrected chi connectivity index (χ1v) is 9.31. The van der Waals surface area contributed by atoms with Gasteiger partial charge in [-0.1, -0.05) is 29.5 Å². The fourth-order valence-electron chi connectivity index (χ4n) is 3.17. The third-order valence-corrected chi connectivity index (χ3v) is 4.63. The lowest BCUT2D eigenvalue weighted by Gasteiger charge is -2.29. The largest absolute Gasteiger partial charge is 0.465 e. The molecule has 0 saturated heterocycles. The van der Waals surface area contributed by atoms with Crippen LogP contribution in [0.1, 0.15) is 19.4 Å². The van der Waals surface area contributed by atoms with E-state index in [4.69, 9.17) is 9.47 Å². The van der Waals surface area contributed by atoms with E-state index in [0.29, 0.717) is 11.0 Å². The second-order valence-corrected chi connectivity index (χ2v) is 6.39. The molecule has 10 heteroatoms. The van der Waals surface area contributed by atoms with Gasteiger partial charge in [-0.05, 0) is 31.5 Å². The van der Waals surface area contributed by atoms with Crippen molar-refractivity contribution in [3.8, 4) is 0 Å². The second kappa shape index (κ2) is 8.68. The first kappa shape index (κ1) is 20.9. The number of rotatable bonds is 8. The van der Waals surface area contributed by atoms with Crippen LogP contribution in [0.2, 0.25) is 0 Å². The van der Waals surface area contributed by atoms with Gasteiger partial charge in [0, 0.05) is 12.1 Å². The van der Waals surface area contributed by atoms with Crippen LogP contribution >= 0.6 is 0 Å². The van der Waals surface area contributed by atoms with Crippen molar-refractivity contribution in [2.45, 2.75) is 25.8 Å². The first-order chi connectivity index (χ1) is 14.4. The molecule has 0 saturated carbocycles. The van der Waals surface area contributed by atoms with Crippen LogP contribution in [0.3, 0.4) is 0 Å². The Morgan fingerprint density at radius 2 is 1.63 bits per heavy atom. The molecule has 0 N–H and O–H groups in total. The van der Waals surface area contributed by atoms with E-state index in [0.717, 1.165) is 0 Å². The molecule has 1 heterocycles. The summed E-state index contributed by atoms with van der Waals surface area (Å²) in [6, 6.07) is 12.2. The zero-order valence-corrected chi connectivity index (χ0v) is 16.5. The number of ether oxygens (including phenoxy) is 2. The van der Waals surface area contributed by atoms with Crippen molar-refractivity contribution in [2.75, 3.05) is 13.2 Å². The van der Waals surface area contributed by atoms with Crippen LogP contribution < -0.4 is 0 Å². The standard InChI is InChI=1S/C20H20N4O6/c1-3-29-18(25)20(19(26)30-4-2,14-9-11-15(12-10-14)24(27)28)13-23-17-8-6-5-7-16(17)21-22-23/h5-12H,3-4,13H2,1-2H3. The predicted octanol–water partition coefficient (Wildman–Crippen LogP) is 2.40. The Balaban J connectivity index is 2.20. The van der Waals surface area contributed by atoms with Gasteiger partial charge in [0.2, 0.25) is 5.41 Å². The van der Waals surface area contributed by atoms with Crippen LogP contribution in [0.25, 0.3) is 11.0 Å². The van der Waals surface area contributed by atoms with Crippen LogP contribution in [-0.2, 0) is 31.0 Å². The number of carbonyl (C=O) groups excluding carboxylic acids is 2. The Morgan fingerprint density at radius 3 is 2.20 bits per heavy atom. The summed E-state index contributed by atoms with van der Waals surface area (Å²) in [4.78, 5) is 36.8. The number of nitro benzene ring substituents is 1. The van der Waals surface area contributed by atoms with Crippen molar-refractivity contribution in [1.82, 2.24) is 15.0 Å². The van der Waals surface area contributed by atoms with E-state index >= 15 is 0 Å². The summed E-state index contributed by atoms with van der Waals surface area (Å²) in [5, 5.41) is 19.2. The minimum Gasteiger partial charge on any atom is -0.465 e. The van der Waals surface area contributed by atoms with E-state index in [2.05, 4.69) is 10.3 Å². The molecule has 0 atom stereocenters. The predicted molar refractivity (Wildman–Crippen MR) is 106 cm³/mol. The van der Waals surface area contributed by atoms with E-state index < -0.39 is 22.3 Å². The van der Waals surface area contributed by atoms with Gasteiger partial charge in [-0.2, -0.15) is 0 Å². The van der Waals surface area contributed by atoms with Gasteiger partial charge in [0.15, 0.2) is 0 Å². The average molecular weight is 412 g/mol. The number of para-hydroxylation sites is 1. The van der Waals surface area contributed by atoms with Crippen LogP contribution in [0.15, 0.2) is 48.5 Å². The summed E-state index contributed by atoms with van der Waals surface area (Å²) in [6.07, 6.45) is 0. The summed E-state index contributed by atoms with van der Waals surface area (Å²) >= 11 is 0. The highest BCUT2D eigenvalue weighted by Crippen LogP contribution is 2.32. The van der Waals surface area contributed by atoms with Crippen LogP contribution in [0.4, 0.5) is 5.69 Å². The molecule has 0 fully saturated rings. The summed E-state index contributed by atoms with van der Waals surface area (Å²) in [7, 11) is 0. The Hall–Kier alpha value is -3.82. The van der Waals surface area contributed by atoms with E-state index in [9.17, 15) is 19.7 Å². The van der Waals surface area contributed by atoms with Crippen molar-refractivity contribution in [3.63, 3.8) is 0 Å². The number of non-ortho nitro benzene ring substituents is 1. The molecule has 10 nitrogen and oxygen atoms in total.